The summed E-state index contributed by atoms with van der Waals surface area (Å²) < 4.78 is 0. The van der Waals surface area contributed by atoms with Gasteiger partial charge in [0.25, 0.3) is 0 Å². The number of hydrogen-bond donors (Lipinski definition) is 3. The lowest BCUT2D eigenvalue weighted by atomic mass is 10.0. The Morgan fingerprint density at radius 2 is 2.14 bits per heavy atom. The van der Waals surface area contributed by atoms with Crippen LogP contribution in [-0.4, -0.2) is 16.2 Å². The monoisotopic (exact) mass is 195 g/mol. The van der Waals surface area contributed by atoms with Gasteiger partial charge in [-0.05, 0) is 24.1 Å². The van der Waals surface area contributed by atoms with Crippen molar-refractivity contribution in [2.75, 3.05) is 5.73 Å². The van der Waals surface area contributed by atoms with Crippen molar-refractivity contribution in [3.8, 4) is 5.75 Å². The molecular weight excluding hydrogens is 182 g/mol. The minimum Gasteiger partial charge on any atom is -0.508 e. The molecule has 0 aromatic heterocycles. The highest BCUT2D eigenvalue weighted by molar-refractivity contribution is 5.70. The van der Waals surface area contributed by atoms with Crippen LogP contribution < -0.4 is 5.73 Å². The Balaban J connectivity index is 2.81. The van der Waals surface area contributed by atoms with Crippen molar-refractivity contribution in [1.29, 1.82) is 0 Å². The number of rotatable bonds is 3. The molecule has 1 aromatic carbocycles. The summed E-state index contributed by atoms with van der Waals surface area (Å²) in [6, 6.07) is 4.61. The molecule has 4 heteroatoms. The minimum absolute atomic E-state index is 0.0672. The van der Waals surface area contributed by atoms with E-state index in [0.717, 1.165) is 5.56 Å². The van der Waals surface area contributed by atoms with E-state index in [1.165, 1.54) is 12.1 Å². The Morgan fingerprint density at radius 3 is 2.64 bits per heavy atom. The highest BCUT2D eigenvalue weighted by atomic mass is 16.4. The predicted octanol–water partition coefficient (Wildman–Crippen LogP) is 1.24. The van der Waals surface area contributed by atoms with Crippen molar-refractivity contribution in [3.63, 3.8) is 0 Å². The molecule has 0 saturated heterocycles. The largest absolute Gasteiger partial charge is 0.508 e. The van der Waals surface area contributed by atoms with Gasteiger partial charge in [0.15, 0.2) is 0 Å². The molecule has 0 aliphatic heterocycles. The quantitative estimate of drug-likeness (QED) is 0.633. The van der Waals surface area contributed by atoms with Crippen LogP contribution in [0.1, 0.15) is 12.5 Å². The molecule has 4 nitrogen and oxygen atoms in total. The first kappa shape index (κ1) is 10.4. The lowest BCUT2D eigenvalue weighted by molar-refractivity contribution is -0.141. The zero-order valence-corrected chi connectivity index (χ0v) is 7.90. The number of anilines is 1. The summed E-state index contributed by atoms with van der Waals surface area (Å²) in [6.45, 7) is 1.61. The van der Waals surface area contributed by atoms with E-state index in [2.05, 4.69) is 0 Å². The summed E-state index contributed by atoms with van der Waals surface area (Å²) in [5.41, 5.74) is 6.68. The maximum Gasteiger partial charge on any atom is 0.306 e. The number of aromatic hydroxyl groups is 1. The first-order valence-corrected chi connectivity index (χ1v) is 4.30. The summed E-state index contributed by atoms with van der Waals surface area (Å²) in [6.07, 6.45) is 0.369. The molecule has 0 heterocycles. The molecule has 1 aromatic rings. The lowest BCUT2D eigenvalue weighted by Crippen LogP contribution is -2.12. The molecule has 14 heavy (non-hydrogen) atoms. The number of aliphatic carboxylic acids is 1. The molecule has 0 radical (unpaired) electrons. The van der Waals surface area contributed by atoms with Gasteiger partial charge in [-0.2, -0.15) is 0 Å². The second-order valence-electron chi connectivity index (χ2n) is 3.38. The van der Waals surface area contributed by atoms with E-state index in [-0.39, 0.29) is 5.75 Å². The van der Waals surface area contributed by atoms with Crippen LogP contribution in [0.5, 0.6) is 5.75 Å². The Morgan fingerprint density at radius 1 is 1.50 bits per heavy atom. The number of nitrogen functional groups attached to an aromatic ring is 1. The maximum atomic E-state index is 10.6. The third-order valence-electron chi connectivity index (χ3n) is 1.96. The van der Waals surface area contributed by atoms with Crippen molar-refractivity contribution < 1.29 is 15.0 Å². The number of carboxylic acid groups (broad SMARTS) is 1. The zero-order chi connectivity index (χ0) is 10.7. The van der Waals surface area contributed by atoms with Crippen LogP contribution >= 0.6 is 0 Å². The number of hydrogen-bond acceptors (Lipinski definition) is 3. The van der Waals surface area contributed by atoms with Crippen molar-refractivity contribution in [3.05, 3.63) is 23.8 Å². The van der Waals surface area contributed by atoms with Gasteiger partial charge in [-0.3, -0.25) is 4.79 Å². The standard InChI is InChI=1S/C10H13NO3/c1-6(10(13)14)2-7-3-8(11)5-9(12)4-7/h3-6,12H,2,11H2,1H3,(H,13,14). The van der Waals surface area contributed by atoms with Gasteiger partial charge in [0.1, 0.15) is 5.75 Å². The Hall–Kier alpha value is -1.71. The SMILES string of the molecule is CC(Cc1cc(N)cc(O)c1)C(=O)O. The van der Waals surface area contributed by atoms with E-state index in [0.29, 0.717) is 12.1 Å². The molecule has 0 amide bonds. The number of phenolic OH excluding ortho intramolecular Hbond substituents is 1. The van der Waals surface area contributed by atoms with Gasteiger partial charge in [0.05, 0.1) is 5.92 Å². The van der Waals surface area contributed by atoms with Crippen molar-refractivity contribution in [2.45, 2.75) is 13.3 Å². The summed E-state index contributed by atoms with van der Waals surface area (Å²) in [4.78, 5) is 10.6. The Kier molecular flexibility index (Phi) is 2.96. The van der Waals surface area contributed by atoms with Crippen molar-refractivity contribution in [1.82, 2.24) is 0 Å². The van der Waals surface area contributed by atoms with Crippen LogP contribution in [0.15, 0.2) is 18.2 Å². The normalized spacial score (nSPS) is 12.4. The smallest absolute Gasteiger partial charge is 0.306 e. The van der Waals surface area contributed by atoms with E-state index < -0.39 is 11.9 Å². The van der Waals surface area contributed by atoms with E-state index in [9.17, 15) is 9.90 Å². The van der Waals surface area contributed by atoms with Crippen LogP contribution in [0.2, 0.25) is 0 Å². The second kappa shape index (κ2) is 4.00. The number of nitrogens with two attached hydrogens (primary N) is 1. The third kappa shape index (κ3) is 2.65. The first-order chi connectivity index (χ1) is 6.49. The van der Waals surface area contributed by atoms with Gasteiger partial charge < -0.3 is 15.9 Å². The highest BCUT2D eigenvalue weighted by Crippen LogP contribution is 2.19. The number of phenols is 1. The van der Waals surface area contributed by atoms with E-state index in [1.807, 2.05) is 0 Å². The molecule has 76 valence electrons. The van der Waals surface area contributed by atoms with Gasteiger partial charge in [-0.1, -0.05) is 6.92 Å². The Bertz CT molecular complexity index is 329. The topological polar surface area (TPSA) is 83.5 Å². The maximum absolute atomic E-state index is 10.6. The number of carbonyl (C=O) groups is 1. The van der Waals surface area contributed by atoms with Crippen LogP contribution in [0, 0.1) is 5.92 Å². The summed E-state index contributed by atoms with van der Waals surface area (Å²) in [5, 5.41) is 17.9. The predicted molar refractivity (Wildman–Crippen MR) is 53.0 cm³/mol. The summed E-state index contributed by atoms with van der Waals surface area (Å²) in [7, 11) is 0. The molecule has 0 fully saturated rings. The molecular formula is C10H13NO3. The number of benzene rings is 1. The molecule has 0 aliphatic carbocycles. The minimum atomic E-state index is -0.855. The lowest BCUT2D eigenvalue weighted by Gasteiger charge is -2.07. The van der Waals surface area contributed by atoms with E-state index in [4.69, 9.17) is 10.8 Å². The van der Waals surface area contributed by atoms with E-state index >= 15 is 0 Å². The van der Waals surface area contributed by atoms with E-state index in [1.54, 1.807) is 13.0 Å². The fraction of sp³-hybridized carbons (Fsp3) is 0.300. The second-order valence-corrected chi connectivity index (χ2v) is 3.38. The molecule has 0 aliphatic rings. The van der Waals surface area contributed by atoms with Crippen LogP contribution in [-0.2, 0) is 11.2 Å². The van der Waals surface area contributed by atoms with Gasteiger partial charge in [0.2, 0.25) is 0 Å². The average Bonchev–Trinajstić information content (AvgIpc) is 2.01. The summed E-state index contributed by atoms with van der Waals surface area (Å²) >= 11 is 0. The fourth-order valence-electron chi connectivity index (χ4n) is 1.26. The van der Waals surface area contributed by atoms with Gasteiger partial charge in [0, 0.05) is 11.8 Å². The fourth-order valence-corrected chi connectivity index (χ4v) is 1.26. The number of carboxylic acids is 1. The van der Waals surface area contributed by atoms with Gasteiger partial charge >= 0.3 is 5.97 Å². The van der Waals surface area contributed by atoms with Crippen LogP contribution in [0.4, 0.5) is 5.69 Å². The van der Waals surface area contributed by atoms with Crippen LogP contribution in [0.25, 0.3) is 0 Å². The summed E-state index contributed by atoms with van der Waals surface area (Å²) in [5.74, 6) is -1.26. The molecule has 1 atom stereocenters. The average molecular weight is 195 g/mol. The van der Waals surface area contributed by atoms with Gasteiger partial charge in [-0.15, -0.1) is 0 Å². The zero-order valence-electron chi connectivity index (χ0n) is 7.90. The van der Waals surface area contributed by atoms with Crippen molar-refractivity contribution >= 4 is 11.7 Å². The van der Waals surface area contributed by atoms with Crippen molar-refractivity contribution in [2.24, 2.45) is 5.92 Å². The molecule has 0 bridgehead atoms. The Labute approximate surface area is 82.0 Å². The highest BCUT2D eigenvalue weighted by Gasteiger charge is 2.12. The molecule has 1 unspecified atom stereocenters. The molecule has 0 saturated carbocycles. The molecule has 4 N–H and O–H groups in total. The molecule has 0 spiro atoms. The third-order valence-corrected chi connectivity index (χ3v) is 1.96. The van der Waals surface area contributed by atoms with Gasteiger partial charge in [-0.25, -0.2) is 0 Å². The molecule has 1 rings (SSSR count). The van der Waals surface area contributed by atoms with Crippen LogP contribution in [0.3, 0.4) is 0 Å². The first-order valence-electron chi connectivity index (χ1n) is 4.30.